The highest BCUT2D eigenvalue weighted by atomic mass is 16.6. The number of rotatable bonds is 2. The largest absolute Gasteiger partial charge is 0.444 e. The number of hydrogen-bond donors (Lipinski definition) is 1. The van der Waals surface area contributed by atoms with Crippen molar-refractivity contribution < 1.29 is 9.53 Å². The first kappa shape index (κ1) is 14.3. The van der Waals surface area contributed by atoms with Gasteiger partial charge >= 0.3 is 6.09 Å². The Morgan fingerprint density at radius 3 is 2.71 bits per heavy atom. The molecule has 4 nitrogen and oxygen atoms in total. The lowest BCUT2D eigenvalue weighted by molar-refractivity contribution is 0.0233. The fourth-order valence-electron chi connectivity index (χ4n) is 2.19. The summed E-state index contributed by atoms with van der Waals surface area (Å²) in [6.07, 6.45) is 4.25. The van der Waals surface area contributed by atoms with Gasteiger partial charge in [-0.25, -0.2) is 4.79 Å². The number of carbonyl (C=O) groups is 1. The van der Waals surface area contributed by atoms with Crippen LogP contribution in [0, 0.1) is 5.92 Å². The van der Waals surface area contributed by atoms with Crippen molar-refractivity contribution in [2.45, 2.75) is 52.1 Å². The zero-order valence-electron chi connectivity index (χ0n) is 11.4. The second-order valence-electron chi connectivity index (χ2n) is 5.87. The van der Waals surface area contributed by atoms with E-state index in [9.17, 15) is 4.79 Å². The average Bonchev–Trinajstić information content (AvgIpc) is 2.41. The van der Waals surface area contributed by atoms with E-state index >= 15 is 0 Å². The van der Waals surface area contributed by atoms with Crippen molar-refractivity contribution in [3.63, 3.8) is 0 Å². The average molecular weight is 242 g/mol. The minimum absolute atomic E-state index is 0.179. The standard InChI is InChI=1S/C13H26N2O2/c1-13(2,3)17-12(16)15-9-5-4-6-11(10-15)7-8-14/h11H,4-10,14H2,1-3H3/t11-/m1/s1. The summed E-state index contributed by atoms with van der Waals surface area (Å²) in [6, 6.07) is 0. The van der Waals surface area contributed by atoms with Gasteiger partial charge in [-0.3, -0.25) is 0 Å². The summed E-state index contributed by atoms with van der Waals surface area (Å²) in [7, 11) is 0. The van der Waals surface area contributed by atoms with Crippen LogP contribution >= 0.6 is 0 Å². The van der Waals surface area contributed by atoms with E-state index < -0.39 is 5.60 Å². The Bertz CT molecular complexity index is 248. The summed E-state index contributed by atoms with van der Waals surface area (Å²) in [5.41, 5.74) is 5.19. The molecule has 1 atom stereocenters. The second kappa shape index (κ2) is 6.24. The van der Waals surface area contributed by atoms with Crippen molar-refractivity contribution >= 4 is 6.09 Å². The Kier molecular flexibility index (Phi) is 5.25. The third-order valence-electron chi connectivity index (χ3n) is 3.00. The molecule has 0 bridgehead atoms. The third kappa shape index (κ3) is 5.39. The maximum Gasteiger partial charge on any atom is 0.410 e. The first-order chi connectivity index (χ1) is 7.92. The Labute approximate surface area is 104 Å². The van der Waals surface area contributed by atoms with Gasteiger partial charge < -0.3 is 15.4 Å². The molecule has 17 heavy (non-hydrogen) atoms. The SMILES string of the molecule is CC(C)(C)OC(=O)N1CCCC[C@H](CCN)C1. The summed E-state index contributed by atoms with van der Waals surface area (Å²) in [5.74, 6) is 0.537. The molecule has 100 valence electrons. The van der Waals surface area contributed by atoms with Gasteiger partial charge in [-0.1, -0.05) is 6.42 Å². The van der Waals surface area contributed by atoms with Crippen LogP contribution in [0.4, 0.5) is 4.79 Å². The van der Waals surface area contributed by atoms with Crippen molar-refractivity contribution in [1.82, 2.24) is 4.90 Å². The number of nitrogens with two attached hydrogens (primary N) is 1. The lowest BCUT2D eigenvalue weighted by Crippen LogP contribution is -2.39. The van der Waals surface area contributed by atoms with Crippen LogP contribution in [-0.4, -0.2) is 36.2 Å². The first-order valence-electron chi connectivity index (χ1n) is 6.60. The maximum atomic E-state index is 12.0. The zero-order chi connectivity index (χ0) is 12.9. The smallest absolute Gasteiger partial charge is 0.410 e. The predicted octanol–water partition coefficient (Wildman–Crippen LogP) is 2.37. The molecule has 1 aliphatic rings. The van der Waals surface area contributed by atoms with E-state index in [1.807, 2.05) is 25.7 Å². The van der Waals surface area contributed by atoms with Crippen LogP contribution in [0.5, 0.6) is 0 Å². The molecule has 0 aromatic rings. The first-order valence-corrected chi connectivity index (χ1v) is 6.60. The van der Waals surface area contributed by atoms with E-state index in [1.54, 1.807) is 0 Å². The minimum atomic E-state index is -0.410. The fourth-order valence-corrected chi connectivity index (χ4v) is 2.19. The fraction of sp³-hybridized carbons (Fsp3) is 0.923. The molecule has 1 aliphatic heterocycles. The van der Waals surface area contributed by atoms with Gasteiger partial charge in [0.15, 0.2) is 0 Å². The van der Waals surface area contributed by atoms with Gasteiger partial charge in [0.2, 0.25) is 0 Å². The number of amides is 1. The molecule has 2 N–H and O–H groups in total. The quantitative estimate of drug-likeness (QED) is 0.808. The molecule has 1 fully saturated rings. The van der Waals surface area contributed by atoms with Crippen molar-refractivity contribution in [3.8, 4) is 0 Å². The van der Waals surface area contributed by atoms with Gasteiger partial charge in [0, 0.05) is 13.1 Å². The van der Waals surface area contributed by atoms with Crippen LogP contribution < -0.4 is 5.73 Å². The van der Waals surface area contributed by atoms with Gasteiger partial charge in [0.1, 0.15) is 5.60 Å². The molecular weight excluding hydrogens is 216 g/mol. The normalized spacial score (nSPS) is 22.1. The molecule has 0 spiro atoms. The molecule has 0 unspecified atom stereocenters. The van der Waals surface area contributed by atoms with Crippen molar-refractivity contribution in [2.75, 3.05) is 19.6 Å². The van der Waals surface area contributed by atoms with Crippen molar-refractivity contribution in [3.05, 3.63) is 0 Å². The molecule has 4 heteroatoms. The highest BCUT2D eigenvalue weighted by molar-refractivity contribution is 5.68. The monoisotopic (exact) mass is 242 g/mol. The van der Waals surface area contributed by atoms with E-state index in [1.165, 1.54) is 12.8 Å². The Balaban J connectivity index is 2.53. The highest BCUT2D eigenvalue weighted by Crippen LogP contribution is 2.20. The summed E-state index contributed by atoms with van der Waals surface area (Å²) >= 11 is 0. The number of ether oxygens (including phenoxy) is 1. The van der Waals surface area contributed by atoms with Crippen molar-refractivity contribution in [1.29, 1.82) is 0 Å². The molecule has 0 aromatic heterocycles. The number of hydrogen-bond acceptors (Lipinski definition) is 3. The molecule has 0 aliphatic carbocycles. The predicted molar refractivity (Wildman–Crippen MR) is 68.8 cm³/mol. The summed E-state index contributed by atoms with van der Waals surface area (Å²) in [4.78, 5) is 13.8. The zero-order valence-corrected chi connectivity index (χ0v) is 11.4. The molecule has 1 saturated heterocycles. The number of likely N-dealkylation sites (tertiary alicyclic amines) is 1. The molecular formula is C13H26N2O2. The Morgan fingerprint density at radius 2 is 2.12 bits per heavy atom. The van der Waals surface area contributed by atoms with Crippen LogP contribution in [0.1, 0.15) is 46.5 Å². The number of nitrogens with zero attached hydrogens (tertiary/aromatic N) is 1. The molecule has 1 rings (SSSR count). The third-order valence-corrected chi connectivity index (χ3v) is 3.00. The molecule has 1 heterocycles. The van der Waals surface area contributed by atoms with Crippen LogP contribution in [0.25, 0.3) is 0 Å². The maximum absolute atomic E-state index is 12.0. The van der Waals surface area contributed by atoms with E-state index in [4.69, 9.17) is 10.5 Å². The molecule has 1 amide bonds. The Morgan fingerprint density at radius 1 is 1.41 bits per heavy atom. The highest BCUT2D eigenvalue weighted by Gasteiger charge is 2.25. The van der Waals surface area contributed by atoms with Gasteiger partial charge in [0.05, 0.1) is 0 Å². The van der Waals surface area contributed by atoms with E-state index in [0.29, 0.717) is 12.5 Å². The van der Waals surface area contributed by atoms with Crippen LogP contribution in [0.3, 0.4) is 0 Å². The lowest BCUT2D eigenvalue weighted by atomic mass is 10.00. The Hall–Kier alpha value is -0.770. The number of carbonyl (C=O) groups excluding carboxylic acids is 1. The van der Waals surface area contributed by atoms with E-state index in [2.05, 4.69) is 0 Å². The van der Waals surface area contributed by atoms with Gasteiger partial charge in [-0.2, -0.15) is 0 Å². The molecule has 0 saturated carbocycles. The van der Waals surface area contributed by atoms with Crippen LogP contribution in [0.2, 0.25) is 0 Å². The van der Waals surface area contributed by atoms with E-state index in [0.717, 1.165) is 25.9 Å². The van der Waals surface area contributed by atoms with E-state index in [-0.39, 0.29) is 6.09 Å². The summed E-state index contributed by atoms with van der Waals surface area (Å²) in [6.45, 7) is 8.02. The summed E-state index contributed by atoms with van der Waals surface area (Å²) < 4.78 is 5.41. The van der Waals surface area contributed by atoms with Crippen LogP contribution in [-0.2, 0) is 4.74 Å². The minimum Gasteiger partial charge on any atom is -0.444 e. The van der Waals surface area contributed by atoms with Gasteiger partial charge in [-0.15, -0.1) is 0 Å². The second-order valence-corrected chi connectivity index (χ2v) is 5.87. The lowest BCUT2D eigenvalue weighted by Gasteiger charge is -2.28. The molecule has 0 aromatic carbocycles. The van der Waals surface area contributed by atoms with Gasteiger partial charge in [0.25, 0.3) is 0 Å². The summed E-state index contributed by atoms with van der Waals surface area (Å²) in [5, 5.41) is 0. The van der Waals surface area contributed by atoms with Gasteiger partial charge in [-0.05, 0) is 52.5 Å². The molecule has 0 radical (unpaired) electrons. The van der Waals surface area contributed by atoms with Crippen molar-refractivity contribution in [2.24, 2.45) is 11.7 Å². The topological polar surface area (TPSA) is 55.6 Å². The van der Waals surface area contributed by atoms with Crippen LogP contribution in [0.15, 0.2) is 0 Å².